The Morgan fingerprint density at radius 3 is 2.50 bits per heavy atom. The van der Waals surface area contributed by atoms with Gasteiger partial charge in [-0.1, -0.05) is 23.7 Å². The van der Waals surface area contributed by atoms with Gasteiger partial charge in [-0.2, -0.15) is 0 Å². The molecular weight excluding hydrogens is 330 g/mol. The number of benzene rings is 1. The highest BCUT2D eigenvalue weighted by molar-refractivity contribution is 7.89. The maximum Gasteiger partial charge on any atom is 0.252 e. The van der Waals surface area contributed by atoms with Gasteiger partial charge in [0.25, 0.3) is 11.7 Å². The number of nitrogens with zero attached hydrogens (tertiary/aromatic N) is 1. The van der Waals surface area contributed by atoms with Crippen LogP contribution in [0.3, 0.4) is 0 Å². The normalized spacial score (nSPS) is 27.4. The van der Waals surface area contributed by atoms with E-state index in [1.807, 2.05) is 0 Å². The van der Waals surface area contributed by atoms with Crippen molar-refractivity contribution >= 4 is 27.4 Å². The number of carbonyl (C=O) groups excluding carboxylic acids is 1. The van der Waals surface area contributed by atoms with Gasteiger partial charge in [-0.05, 0) is 25.5 Å². The minimum atomic E-state index is -3.55. The lowest BCUT2D eigenvalue weighted by Gasteiger charge is -2.26. The molecule has 2 aliphatic rings. The summed E-state index contributed by atoms with van der Waals surface area (Å²) in [6.07, 6.45) is 0.425. The number of aliphatic hydroxyl groups is 1. The van der Waals surface area contributed by atoms with Crippen LogP contribution >= 0.6 is 11.6 Å². The monoisotopic (exact) mass is 343 g/mol. The van der Waals surface area contributed by atoms with E-state index in [2.05, 4.69) is 0 Å². The molecule has 0 spiro atoms. The standard InChI is InChI=1S/C14H14ClNO5S/c1-14(9-3-5-10(15)6-4-9)12(18)11(17)13(21-14)16-7-2-8-22(16,19)20/h3-6,17H,2,7-8H2,1H3. The topological polar surface area (TPSA) is 83.9 Å². The molecule has 0 radical (unpaired) electrons. The van der Waals surface area contributed by atoms with Crippen molar-refractivity contribution < 1.29 is 23.1 Å². The molecular formula is C14H14ClNO5S. The van der Waals surface area contributed by atoms with Crippen molar-refractivity contribution in [3.63, 3.8) is 0 Å². The van der Waals surface area contributed by atoms with Gasteiger partial charge in [-0.3, -0.25) is 4.79 Å². The predicted octanol–water partition coefficient (Wildman–Crippen LogP) is 1.92. The molecule has 1 saturated heterocycles. The van der Waals surface area contributed by atoms with Crippen LogP contribution < -0.4 is 0 Å². The molecule has 22 heavy (non-hydrogen) atoms. The van der Waals surface area contributed by atoms with Gasteiger partial charge >= 0.3 is 0 Å². The van der Waals surface area contributed by atoms with Crippen LogP contribution in [0.2, 0.25) is 5.02 Å². The van der Waals surface area contributed by atoms with Gasteiger partial charge in [0, 0.05) is 17.1 Å². The Kier molecular flexibility index (Phi) is 3.37. The largest absolute Gasteiger partial charge is 0.501 e. The Bertz CT molecular complexity index is 771. The molecule has 2 heterocycles. The second kappa shape index (κ2) is 4.89. The summed E-state index contributed by atoms with van der Waals surface area (Å²) in [6, 6.07) is 6.41. The van der Waals surface area contributed by atoms with Crippen LogP contribution in [0.15, 0.2) is 35.9 Å². The summed E-state index contributed by atoms with van der Waals surface area (Å²) in [5.41, 5.74) is -0.984. The fourth-order valence-corrected chi connectivity index (χ4v) is 4.23. The molecule has 0 amide bonds. The lowest BCUT2D eigenvalue weighted by Crippen LogP contribution is -2.32. The predicted molar refractivity (Wildman–Crippen MR) is 79.7 cm³/mol. The van der Waals surface area contributed by atoms with Crippen molar-refractivity contribution in [3.8, 4) is 0 Å². The number of hydrogen-bond donors (Lipinski definition) is 1. The van der Waals surface area contributed by atoms with E-state index in [0.29, 0.717) is 17.0 Å². The molecule has 0 aliphatic carbocycles. The summed E-state index contributed by atoms with van der Waals surface area (Å²) >= 11 is 5.83. The number of rotatable bonds is 2. The third-order valence-electron chi connectivity index (χ3n) is 3.87. The van der Waals surface area contributed by atoms with E-state index in [1.54, 1.807) is 24.3 Å². The number of hydrogen-bond acceptors (Lipinski definition) is 5. The maximum absolute atomic E-state index is 12.4. The number of sulfonamides is 1. The third-order valence-corrected chi connectivity index (χ3v) is 5.95. The van der Waals surface area contributed by atoms with Crippen LogP contribution in [0.4, 0.5) is 0 Å². The van der Waals surface area contributed by atoms with Crippen molar-refractivity contribution in [2.75, 3.05) is 12.3 Å². The number of ether oxygens (including phenoxy) is 1. The summed E-state index contributed by atoms with van der Waals surface area (Å²) in [5, 5.41) is 10.6. The van der Waals surface area contributed by atoms with Crippen LogP contribution in [0.1, 0.15) is 18.9 Å². The number of aliphatic hydroxyl groups excluding tert-OH is 1. The van der Waals surface area contributed by atoms with Gasteiger partial charge in [-0.15, -0.1) is 0 Å². The van der Waals surface area contributed by atoms with E-state index in [4.69, 9.17) is 16.3 Å². The average molecular weight is 344 g/mol. The van der Waals surface area contributed by atoms with Crippen LogP contribution in [0, 0.1) is 0 Å². The highest BCUT2D eigenvalue weighted by Crippen LogP contribution is 2.41. The number of ketones is 1. The van der Waals surface area contributed by atoms with Crippen LogP contribution in [0.25, 0.3) is 0 Å². The van der Waals surface area contributed by atoms with E-state index in [0.717, 1.165) is 4.31 Å². The third kappa shape index (κ3) is 2.16. The summed E-state index contributed by atoms with van der Waals surface area (Å²) < 4.78 is 30.5. The van der Waals surface area contributed by atoms with Crippen molar-refractivity contribution in [1.29, 1.82) is 0 Å². The SMILES string of the molecule is CC1(c2ccc(Cl)cc2)OC(N2CCCS2(=O)=O)=C(O)C1=O. The zero-order valence-corrected chi connectivity index (χ0v) is 13.3. The molecule has 1 N–H and O–H groups in total. The first-order valence-corrected chi connectivity index (χ1v) is 8.68. The maximum atomic E-state index is 12.4. The molecule has 8 heteroatoms. The molecule has 1 aromatic carbocycles. The lowest BCUT2D eigenvalue weighted by molar-refractivity contribution is -0.132. The van der Waals surface area contributed by atoms with Gasteiger partial charge in [0.2, 0.25) is 15.8 Å². The van der Waals surface area contributed by atoms with Gasteiger partial charge in [0.1, 0.15) is 0 Å². The highest BCUT2D eigenvalue weighted by atomic mass is 35.5. The Hall–Kier alpha value is -1.73. The van der Waals surface area contributed by atoms with E-state index in [-0.39, 0.29) is 18.2 Å². The minimum absolute atomic E-state index is 0.0288. The summed E-state index contributed by atoms with van der Waals surface area (Å²) in [4.78, 5) is 12.4. The van der Waals surface area contributed by atoms with Crippen LogP contribution in [-0.2, 0) is 25.2 Å². The highest BCUT2D eigenvalue weighted by Gasteiger charge is 2.51. The molecule has 3 rings (SSSR count). The van der Waals surface area contributed by atoms with E-state index >= 15 is 0 Å². The zero-order chi connectivity index (χ0) is 16.1. The molecule has 0 aromatic heterocycles. The molecule has 1 unspecified atom stereocenters. The van der Waals surface area contributed by atoms with E-state index in [1.165, 1.54) is 6.92 Å². The Morgan fingerprint density at radius 1 is 1.32 bits per heavy atom. The van der Waals surface area contributed by atoms with Crippen LogP contribution in [-0.4, -0.2) is 35.9 Å². The zero-order valence-electron chi connectivity index (χ0n) is 11.7. The van der Waals surface area contributed by atoms with Gasteiger partial charge in [0.05, 0.1) is 5.75 Å². The van der Waals surface area contributed by atoms with Crippen molar-refractivity contribution in [3.05, 3.63) is 46.5 Å². The molecule has 0 saturated carbocycles. The van der Waals surface area contributed by atoms with Crippen LogP contribution in [0.5, 0.6) is 0 Å². The molecule has 1 fully saturated rings. The van der Waals surface area contributed by atoms with Crippen molar-refractivity contribution in [1.82, 2.24) is 4.31 Å². The first-order valence-electron chi connectivity index (χ1n) is 6.69. The van der Waals surface area contributed by atoms with E-state index in [9.17, 15) is 18.3 Å². The quantitative estimate of drug-likeness (QED) is 0.886. The van der Waals surface area contributed by atoms with Gasteiger partial charge < -0.3 is 9.84 Å². The summed E-state index contributed by atoms with van der Waals surface area (Å²) in [5.74, 6) is -1.66. The second-order valence-corrected chi connectivity index (χ2v) is 7.82. The molecule has 118 valence electrons. The summed E-state index contributed by atoms with van der Waals surface area (Å²) in [6.45, 7) is 1.68. The second-order valence-electron chi connectivity index (χ2n) is 5.37. The molecule has 1 aromatic rings. The fraction of sp³-hybridized carbons (Fsp3) is 0.357. The number of halogens is 1. The van der Waals surface area contributed by atoms with Gasteiger partial charge in [-0.25, -0.2) is 12.7 Å². The Balaban J connectivity index is 2.00. The Labute approximate surface area is 133 Å². The molecule has 2 aliphatic heterocycles. The number of Topliss-reactive ketones (excluding diaryl/α,β-unsaturated/α-hetero) is 1. The lowest BCUT2D eigenvalue weighted by atomic mass is 9.92. The van der Waals surface area contributed by atoms with Crippen molar-refractivity contribution in [2.24, 2.45) is 0 Å². The summed E-state index contributed by atoms with van der Waals surface area (Å²) in [7, 11) is -3.55. The minimum Gasteiger partial charge on any atom is -0.501 e. The number of carbonyl (C=O) groups is 1. The average Bonchev–Trinajstić information content (AvgIpc) is 2.92. The van der Waals surface area contributed by atoms with E-state index < -0.39 is 27.2 Å². The first-order chi connectivity index (χ1) is 10.3. The first kappa shape index (κ1) is 15.2. The molecule has 0 bridgehead atoms. The van der Waals surface area contributed by atoms with Crippen molar-refractivity contribution in [2.45, 2.75) is 18.9 Å². The fourth-order valence-electron chi connectivity index (χ4n) is 2.61. The Morgan fingerprint density at radius 2 is 1.95 bits per heavy atom. The van der Waals surface area contributed by atoms with Gasteiger partial charge in [0.15, 0.2) is 5.60 Å². The smallest absolute Gasteiger partial charge is 0.252 e. The molecule has 6 nitrogen and oxygen atoms in total. The molecule has 1 atom stereocenters.